The van der Waals surface area contributed by atoms with Gasteiger partial charge in [0.15, 0.2) is 0 Å². The molecule has 0 atom stereocenters. The monoisotopic (exact) mass is 480 g/mol. The van der Waals surface area contributed by atoms with E-state index in [4.69, 9.17) is 11.6 Å². The molecule has 11 heteroatoms. The van der Waals surface area contributed by atoms with Crippen molar-refractivity contribution in [2.24, 2.45) is 0 Å². The number of carbonyl (C=O) groups is 1. The minimum absolute atomic E-state index is 0.137. The van der Waals surface area contributed by atoms with Crippen molar-refractivity contribution < 1.29 is 27.1 Å². The lowest BCUT2D eigenvalue weighted by Crippen LogP contribution is -2.21. The third-order valence-corrected chi connectivity index (χ3v) is 5.03. The lowest BCUT2D eigenvalue weighted by Gasteiger charge is -2.21. The fraction of sp³-hybridized carbons (Fsp3) is 0.227. The number of carbonyl (C=O) groups excluding carboxylic acids is 1. The molecule has 1 aliphatic heterocycles. The van der Waals surface area contributed by atoms with Crippen molar-refractivity contribution in [3.05, 3.63) is 66.1 Å². The van der Waals surface area contributed by atoms with Gasteiger partial charge in [-0.1, -0.05) is 0 Å². The van der Waals surface area contributed by atoms with Crippen molar-refractivity contribution in [1.82, 2.24) is 9.97 Å². The molecule has 3 aromatic rings. The molecule has 1 aromatic carbocycles. The fourth-order valence-corrected chi connectivity index (χ4v) is 3.63. The van der Waals surface area contributed by atoms with E-state index in [0.29, 0.717) is 17.1 Å². The van der Waals surface area contributed by atoms with Gasteiger partial charge in [-0.05, 0) is 48.7 Å². The van der Waals surface area contributed by atoms with Crippen molar-refractivity contribution in [1.29, 1.82) is 0 Å². The van der Waals surface area contributed by atoms with E-state index < -0.39 is 23.4 Å². The molecular formula is C22H17ClF4N4O2. The predicted molar refractivity (Wildman–Crippen MR) is 115 cm³/mol. The quantitative estimate of drug-likeness (QED) is 0.289. The first-order valence-electron chi connectivity index (χ1n) is 9.93. The van der Waals surface area contributed by atoms with Gasteiger partial charge in [0.1, 0.15) is 11.6 Å². The number of amides is 1. The summed E-state index contributed by atoms with van der Waals surface area (Å²) in [5.74, 6) is -2.21. The van der Waals surface area contributed by atoms with Crippen molar-refractivity contribution in [2.75, 3.05) is 23.3 Å². The van der Waals surface area contributed by atoms with Crippen LogP contribution in [0.15, 0.2) is 48.7 Å². The van der Waals surface area contributed by atoms with Crippen LogP contribution in [0.25, 0.3) is 11.1 Å². The summed E-state index contributed by atoms with van der Waals surface area (Å²) in [5, 5.41) is 2.61. The second-order valence-corrected chi connectivity index (χ2v) is 7.76. The molecule has 2 aromatic heterocycles. The molecule has 1 fully saturated rings. The number of halogens is 5. The lowest BCUT2D eigenvalue weighted by molar-refractivity contribution is -0.0964. The smallest absolute Gasteiger partial charge is 0.420 e. The highest BCUT2D eigenvalue weighted by Gasteiger charge is 2.27. The van der Waals surface area contributed by atoms with Crippen LogP contribution in [0, 0.1) is 11.9 Å². The zero-order chi connectivity index (χ0) is 23.6. The number of rotatable bonds is 6. The number of hydrogen-bond donors (Lipinski definition) is 1. The van der Waals surface area contributed by atoms with Crippen LogP contribution in [0.5, 0.6) is 5.75 Å². The highest BCUT2D eigenvalue weighted by Crippen LogP contribution is 2.33. The Morgan fingerprint density at radius 2 is 1.70 bits per heavy atom. The van der Waals surface area contributed by atoms with Crippen LogP contribution in [-0.2, 0) is 0 Å². The Hall–Kier alpha value is -3.40. The molecule has 0 aliphatic carbocycles. The van der Waals surface area contributed by atoms with Crippen LogP contribution in [0.4, 0.5) is 29.1 Å². The molecule has 0 unspecified atom stereocenters. The normalized spacial score (nSPS) is 13.8. The highest BCUT2D eigenvalue weighted by molar-refractivity contribution is 6.20. The number of benzene rings is 1. The average molecular weight is 481 g/mol. The van der Waals surface area contributed by atoms with Gasteiger partial charge in [0.2, 0.25) is 11.9 Å². The molecule has 1 saturated heterocycles. The first-order valence-corrected chi connectivity index (χ1v) is 10.3. The van der Waals surface area contributed by atoms with Gasteiger partial charge in [-0.3, -0.25) is 4.79 Å². The van der Waals surface area contributed by atoms with Gasteiger partial charge in [-0.25, -0.2) is 4.98 Å². The third-order valence-electron chi connectivity index (χ3n) is 4.95. The molecule has 0 bridgehead atoms. The summed E-state index contributed by atoms with van der Waals surface area (Å²) in [6.07, 6.45) is 3.28. The number of pyridine rings is 2. The van der Waals surface area contributed by atoms with E-state index in [-0.39, 0.29) is 16.9 Å². The number of aromatic nitrogens is 2. The van der Waals surface area contributed by atoms with E-state index in [1.54, 1.807) is 0 Å². The van der Waals surface area contributed by atoms with Gasteiger partial charge >= 0.3 is 5.57 Å². The SMILES string of the molecule is O=C(Nc1ccc(OC(F)(F)Cl)cc1)c1cnc(N2CCCC2)c(-c2cc(F)nc(F)c2)c1. The Kier molecular flexibility index (Phi) is 6.37. The number of nitrogens with zero attached hydrogens (tertiary/aromatic N) is 3. The largest absolute Gasteiger partial charge is 0.487 e. The van der Waals surface area contributed by atoms with Gasteiger partial charge < -0.3 is 15.0 Å². The minimum Gasteiger partial charge on any atom is -0.420 e. The summed E-state index contributed by atoms with van der Waals surface area (Å²) in [5.41, 5.74) is -2.82. The first kappa shape index (κ1) is 22.8. The van der Waals surface area contributed by atoms with Gasteiger partial charge in [0.05, 0.1) is 5.56 Å². The Balaban J connectivity index is 1.62. The molecule has 172 valence electrons. The first-order chi connectivity index (χ1) is 15.7. The molecule has 1 aliphatic rings. The molecule has 3 heterocycles. The highest BCUT2D eigenvalue weighted by atomic mass is 35.5. The number of nitrogens with one attached hydrogen (secondary N) is 1. The predicted octanol–water partition coefficient (Wildman–Crippen LogP) is 5.44. The number of anilines is 2. The summed E-state index contributed by atoms with van der Waals surface area (Å²) in [7, 11) is 0. The van der Waals surface area contributed by atoms with Gasteiger partial charge in [-0.15, -0.1) is 8.78 Å². The van der Waals surface area contributed by atoms with Crippen LogP contribution >= 0.6 is 11.6 Å². The van der Waals surface area contributed by atoms with Crippen molar-refractivity contribution in [3.63, 3.8) is 0 Å². The van der Waals surface area contributed by atoms with E-state index in [1.807, 2.05) is 4.90 Å². The maximum atomic E-state index is 13.8. The Morgan fingerprint density at radius 3 is 2.30 bits per heavy atom. The van der Waals surface area contributed by atoms with Crippen LogP contribution in [0.3, 0.4) is 0 Å². The van der Waals surface area contributed by atoms with Crippen LogP contribution in [0.2, 0.25) is 0 Å². The summed E-state index contributed by atoms with van der Waals surface area (Å²) < 4.78 is 57.2. The topological polar surface area (TPSA) is 67.3 Å². The van der Waals surface area contributed by atoms with Gasteiger partial charge in [-0.2, -0.15) is 13.8 Å². The Bertz CT molecular complexity index is 1150. The number of alkyl halides is 3. The zero-order valence-corrected chi connectivity index (χ0v) is 17.8. The molecule has 6 nitrogen and oxygen atoms in total. The van der Waals surface area contributed by atoms with Crippen LogP contribution in [0.1, 0.15) is 23.2 Å². The van der Waals surface area contributed by atoms with Gasteiger partial charge in [0, 0.05) is 54.3 Å². The molecule has 0 saturated carbocycles. The standard InChI is InChI=1S/C22H17ClF4N4O2/c23-22(26,27)33-16-5-3-15(4-6-16)29-21(32)14-9-17(13-10-18(24)30-19(25)11-13)20(28-12-14)31-7-1-2-8-31/h3-6,9-12H,1-2,7-8H2,(H,29,32). The second-order valence-electron chi connectivity index (χ2n) is 7.32. The number of hydrogen-bond acceptors (Lipinski definition) is 5. The van der Waals surface area contributed by atoms with Crippen LogP contribution < -0.4 is 15.0 Å². The molecule has 4 rings (SSSR count). The lowest BCUT2D eigenvalue weighted by atomic mass is 10.0. The van der Waals surface area contributed by atoms with Gasteiger partial charge in [0.25, 0.3) is 5.91 Å². The fourth-order valence-electron chi connectivity index (χ4n) is 3.54. The Morgan fingerprint density at radius 1 is 1.06 bits per heavy atom. The molecular weight excluding hydrogens is 464 g/mol. The van der Waals surface area contributed by atoms with E-state index in [9.17, 15) is 22.4 Å². The summed E-state index contributed by atoms with van der Waals surface area (Å²) in [6, 6.07) is 8.80. The zero-order valence-electron chi connectivity index (χ0n) is 17.0. The molecule has 33 heavy (non-hydrogen) atoms. The summed E-state index contributed by atoms with van der Waals surface area (Å²) in [4.78, 5) is 22.3. The molecule has 1 N–H and O–H groups in total. The number of ether oxygens (including phenoxy) is 1. The minimum atomic E-state index is -3.85. The van der Waals surface area contributed by atoms with Crippen molar-refractivity contribution in [2.45, 2.75) is 18.4 Å². The molecule has 1 amide bonds. The maximum Gasteiger partial charge on any atom is 0.487 e. The van der Waals surface area contributed by atoms with E-state index in [2.05, 4.69) is 20.0 Å². The van der Waals surface area contributed by atoms with E-state index in [0.717, 1.165) is 38.1 Å². The summed E-state index contributed by atoms with van der Waals surface area (Å²) in [6.45, 7) is 1.47. The van der Waals surface area contributed by atoms with Crippen LogP contribution in [-0.4, -0.2) is 34.5 Å². The average Bonchev–Trinajstić information content (AvgIpc) is 3.28. The Labute approximate surface area is 191 Å². The molecule has 0 spiro atoms. The second kappa shape index (κ2) is 9.22. The summed E-state index contributed by atoms with van der Waals surface area (Å²) >= 11 is 4.73. The van der Waals surface area contributed by atoms with E-state index >= 15 is 0 Å². The third kappa shape index (κ3) is 5.70. The maximum absolute atomic E-state index is 13.8. The van der Waals surface area contributed by atoms with E-state index in [1.165, 1.54) is 36.5 Å². The van der Waals surface area contributed by atoms with Crippen molar-refractivity contribution >= 4 is 29.0 Å². The molecule has 0 radical (unpaired) electrons. The van der Waals surface area contributed by atoms with Crippen molar-refractivity contribution in [3.8, 4) is 16.9 Å².